The van der Waals surface area contributed by atoms with Crippen LogP contribution < -0.4 is 15.5 Å². The molecule has 0 saturated heterocycles. The molecule has 0 aliphatic heterocycles. The van der Waals surface area contributed by atoms with Gasteiger partial charge in [-0.2, -0.15) is 20.0 Å². The van der Waals surface area contributed by atoms with E-state index in [2.05, 4.69) is 15.0 Å². The fraction of sp³-hybridized carbons (Fsp3) is 0.700. The molecular formula is C10H22N6O7. The second-order valence-corrected chi connectivity index (χ2v) is 3.46. The van der Waals surface area contributed by atoms with Crippen molar-refractivity contribution in [1.29, 1.82) is 0 Å². The van der Waals surface area contributed by atoms with Crippen molar-refractivity contribution in [2.45, 2.75) is 0 Å². The Bertz CT molecular complexity index is 415. The summed E-state index contributed by atoms with van der Waals surface area (Å²) in [6, 6.07) is 0. The third-order valence-electron chi connectivity index (χ3n) is 2.28. The van der Waals surface area contributed by atoms with Crippen molar-refractivity contribution in [2.24, 2.45) is 0 Å². The second kappa shape index (κ2) is 10.8. The summed E-state index contributed by atoms with van der Waals surface area (Å²) in [5, 5.41) is 3.22. The molecule has 13 nitrogen and oxygen atoms in total. The topological polar surface area (TPSA) is 135 Å². The van der Waals surface area contributed by atoms with E-state index in [-0.39, 0.29) is 30.1 Å². The van der Waals surface area contributed by atoms with E-state index in [0.717, 1.165) is 10.5 Å². The molecule has 0 amide bonds. The van der Waals surface area contributed by atoms with Gasteiger partial charge in [0.25, 0.3) is 17.8 Å². The summed E-state index contributed by atoms with van der Waals surface area (Å²) in [6.07, 6.45) is 0. The van der Waals surface area contributed by atoms with Gasteiger partial charge in [-0.05, 0) is 0 Å². The predicted octanol–water partition coefficient (Wildman–Crippen LogP) is -1.12. The third-order valence-corrected chi connectivity index (χ3v) is 2.28. The number of hydrogen-bond acceptors (Lipinski definition) is 12. The molecule has 1 aromatic rings. The van der Waals surface area contributed by atoms with Crippen LogP contribution in [0.4, 0.5) is 17.8 Å². The molecule has 134 valence electrons. The molecule has 1 aromatic heterocycles. The average Bonchev–Trinajstić information content (AvgIpc) is 2.55. The minimum Gasteiger partial charge on any atom is -0.412 e. The number of nitrogens with zero attached hydrogens (tertiary/aromatic N) is 6. The van der Waals surface area contributed by atoms with Crippen molar-refractivity contribution in [1.82, 2.24) is 15.0 Å². The Hall–Kier alpha value is -1.87. The number of rotatable bonds is 10. The molecule has 1 heterocycles. The lowest BCUT2D eigenvalue weighted by molar-refractivity contribution is -0.0527. The van der Waals surface area contributed by atoms with E-state index < -0.39 is 0 Å². The Balaban J connectivity index is 0.00000484. The van der Waals surface area contributed by atoms with E-state index in [9.17, 15) is 0 Å². The molecule has 0 radical (unpaired) electrons. The first-order valence-corrected chi connectivity index (χ1v) is 5.98. The minimum absolute atomic E-state index is 0. The van der Waals surface area contributed by atoms with Crippen molar-refractivity contribution in [2.75, 3.05) is 64.9 Å². The lowest BCUT2D eigenvalue weighted by Gasteiger charge is -2.23. The molecule has 0 spiro atoms. The first-order valence-electron chi connectivity index (χ1n) is 5.98. The van der Waals surface area contributed by atoms with Crippen LogP contribution in [0.15, 0.2) is 0 Å². The number of aromatic nitrogens is 3. The van der Waals surface area contributed by atoms with E-state index in [1.165, 1.54) is 47.7 Å². The average molecular weight is 338 g/mol. The second-order valence-electron chi connectivity index (χ2n) is 3.46. The van der Waals surface area contributed by atoms with Gasteiger partial charge in [0.05, 0.1) is 35.5 Å². The minimum atomic E-state index is 0. The Kier molecular flexibility index (Phi) is 9.91. The number of methoxy groups -OCH3 is 1. The number of ether oxygens (including phenoxy) is 1. The van der Waals surface area contributed by atoms with Crippen LogP contribution in [0, 0.1) is 0 Å². The fourth-order valence-corrected chi connectivity index (χ4v) is 1.40. The lowest BCUT2D eigenvalue weighted by Crippen LogP contribution is -2.31. The summed E-state index contributed by atoms with van der Waals surface area (Å²) >= 11 is 0. The smallest absolute Gasteiger partial charge is 0.284 e. The van der Waals surface area contributed by atoms with Crippen LogP contribution in [0.25, 0.3) is 0 Å². The SMILES string of the molecule is COCN(OC)c1nc(N(OC)OC)nc(N(OC)OC)n1.O. The molecule has 13 heteroatoms. The van der Waals surface area contributed by atoms with E-state index in [1.807, 2.05) is 0 Å². The maximum Gasteiger partial charge on any atom is 0.284 e. The Morgan fingerprint density at radius 1 is 0.652 bits per heavy atom. The van der Waals surface area contributed by atoms with Crippen molar-refractivity contribution in [3.63, 3.8) is 0 Å². The van der Waals surface area contributed by atoms with Crippen LogP contribution >= 0.6 is 0 Å². The number of anilines is 3. The van der Waals surface area contributed by atoms with Crippen LogP contribution in [-0.4, -0.2) is 69.8 Å². The van der Waals surface area contributed by atoms with Gasteiger partial charge in [-0.25, -0.2) is 19.4 Å². The van der Waals surface area contributed by atoms with Crippen LogP contribution in [-0.2, 0) is 28.9 Å². The van der Waals surface area contributed by atoms with Crippen LogP contribution in [0.3, 0.4) is 0 Å². The highest BCUT2D eigenvalue weighted by Gasteiger charge is 2.21. The van der Waals surface area contributed by atoms with Crippen molar-refractivity contribution < 1.29 is 34.4 Å². The summed E-state index contributed by atoms with van der Waals surface area (Å²) in [5.41, 5.74) is 0. The molecular weight excluding hydrogens is 316 g/mol. The normalized spacial score (nSPS) is 10.2. The maximum absolute atomic E-state index is 5.14. The predicted molar refractivity (Wildman–Crippen MR) is 77.8 cm³/mol. The maximum atomic E-state index is 5.14. The molecule has 1 rings (SSSR count). The zero-order chi connectivity index (χ0) is 16.5. The molecule has 0 aliphatic carbocycles. The first kappa shape index (κ1) is 21.1. The third kappa shape index (κ3) is 5.36. The van der Waals surface area contributed by atoms with E-state index >= 15 is 0 Å². The molecule has 0 bridgehead atoms. The summed E-state index contributed by atoms with van der Waals surface area (Å²) in [5.74, 6) is 0.215. The zero-order valence-corrected chi connectivity index (χ0v) is 13.8. The molecule has 0 unspecified atom stereocenters. The van der Waals surface area contributed by atoms with E-state index in [1.54, 1.807) is 0 Å². The summed E-state index contributed by atoms with van der Waals surface area (Å²) in [7, 11) is 8.50. The van der Waals surface area contributed by atoms with Crippen LogP contribution in [0.1, 0.15) is 0 Å². The summed E-state index contributed by atoms with van der Waals surface area (Å²) in [4.78, 5) is 37.5. The summed E-state index contributed by atoms with van der Waals surface area (Å²) in [6.45, 7) is 0.0827. The van der Waals surface area contributed by atoms with Crippen molar-refractivity contribution in [3.05, 3.63) is 0 Å². The molecule has 0 aromatic carbocycles. The summed E-state index contributed by atoms with van der Waals surface area (Å²) < 4.78 is 5.00. The van der Waals surface area contributed by atoms with Gasteiger partial charge < -0.3 is 10.2 Å². The molecule has 2 N–H and O–H groups in total. The van der Waals surface area contributed by atoms with Gasteiger partial charge in [0.1, 0.15) is 6.73 Å². The van der Waals surface area contributed by atoms with Crippen LogP contribution in [0.5, 0.6) is 0 Å². The highest BCUT2D eigenvalue weighted by atomic mass is 16.9. The van der Waals surface area contributed by atoms with Gasteiger partial charge in [-0.1, -0.05) is 10.5 Å². The quantitative estimate of drug-likeness (QED) is 0.377. The van der Waals surface area contributed by atoms with E-state index in [0.29, 0.717) is 0 Å². The Morgan fingerprint density at radius 2 is 1.04 bits per heavy atom. The molecule has 0 atom stereocenters. The fourth-order valence-electron chi connectivity index (χ4n) is 1.40. The highest BCUT2D eigenvalue weighted by Crippen LogP contribution is 2.19. The monoisotopic (exact) mass is 338 g/mol. The van der Waals surface area contributed by atoms with Crippen LogP contribution in [0.2, 0.25) is 0 Å². The van der Waals surface area contributed by atoms with Gasteiger partial charge >= 0.3 is 0 Å². The number of hydroxylamine groups is 1. The van der Waals surface area contributed by atoms with Gasteiger partial charge in [-0.15, -0.1) is 0 Å². The molecule has 0 fully saturated rings. The van der Waals surface area contributed by atoms with Crippen molar-refractivity contribution >= 4 is 17.8 Å². The highest BCUT2D eigenvalue weighted by molar-refractivity contribution is 5.41. The van der Waals surface area contributed by atoms with Gasteiger partial charge in [-0.3, -0.25) is 4.84 Å². The zero-order valence-electron chi connectivity index (χ0n) is 13.8. The molecule has 0 saturated carbocycles. The van der Waals surface area contributed by atoms with Gasteiger partial charge in [0.15, 0.2) is 0 Å². The van der Waals surface area contributed by atoms with Gasteiger partial charge in [0.2, 0.25) is 0 Å². The molecule has 0 aliphatic rings. The first-order chi connectivity index (χ1) is 10.6. The number of hydrogen-bond donors (Lipinski definition) is 0. The standard InChI is InChI=1S/C10H20N6O6.H2O/c1-17-7-14(18-2)8-11-9(15(19-3)20-4)13-10(12-8)16(21-5)22-6;/h7H2,1-6H3;1H2. The van der Waals surface area contributed by atoms with E-state index in [4.69, 9.17) is 28.9 Å². The lowest BCUT2D eigenvalue weighted by atomic mass is 10.8. The van der Waals surface area contributed by atoms with Crippen molar-refractivity contribution in [3.8, 4) is 0 Å². The Labute approximate surface area is 133 Å². The Morgan fingerprint density at radius 3 is 1.35 bits per heavy atom. The largest absolute Gasteiger partial charge is 0.412 e. The molecule has 23 heavy (non-hydrogen) atoms. The van der Waals surface area contributed by atoms with Gasteiger partial charge in [0, 0.05) is 7.11 Å².